The molecule has 0 aliphatic carbocycles. The zero-order valence-electron chi connectivity index (χ0n) is 10.6. The van der Waals surface area contributed by atoms with Crippen LogP contribution in [0.5, 0.6) is 0 Å². The molecule has 0 spiro atoms. The number of hydrogen-bond acceptors (Lipinski definition) is 4. The van der Waals surface area contributed by atoms with Crippen LogP contribution in [0.1, 0.15) is 31.4 Å². The average molecular weight is 253 g/mol. The van der Waals surface area contributed by atoms with Crippen molar-refractivity contribution in [2.24, 2.45) is 5.92 Å². The van der Waals surface area contributed by atoms with E-state index in [-0.39, 0.29) is 5.92 Å². The van der Waals surface area contributed by atoms with Gasteiger partial charge in [-0.1, -0.05) is 0 Å². The minimum absolute atomic E-state index is 0.306. The van der Waals surface area contributed by atoms with Gasteiger partial charge in [0, 0.05) is 32.6 Å². The lowest BCUT2D eigenvalue weighted by Crippen LogP contribution is -2.27. The molecule has 2 heterocycles. The van der Waals surface area contributed by atoms with Crippen LogP contribution in [0.2, 0.25) is 0 Å². The fraction of sp³-hybridized carbons (Fsp3) is 0.750. The predicted molar refractivity (Wildman–Crippen MR) is 64.3 cm³/mol. The number of aliphatic carboxylic acids is 1. The minimum atomic E-state index is -0.727. The number of carboxylic acids is 1. The van der Waals surface area contributed by atoms with Crippen LogP contribution in [0.4, 0.5) is 0 Å². The molecule has 0 bridgehead atoms. The number of ether oxygens (including phenoxy) is 1. The Morgan fingerprint density at radius 2 is 2.39 bits per heavy atom. The maximum absolute atomic E-state index is 11.0. The highest BCUT2D eigenvalue weighted by Crippen LogP contribution is 2.20. The van der Waals surface area contributed by atoms with Crippen molar-refractivity contribution in [2.45, 2.75) is 39.2 Å². The van der Waals surface area contributed by atoms with E-state index in [1.54, 1.807) is 0 Å². The van der Waals surface area contributed by atoms with E-state index >= 15 is 0 Å². The van der Waals surface area contributed by atoms with Gasteiger partial charge in [-0.2, -0.15) is 0 Å². The Morgan fingerprint density at radius 1 is 1.56 bits per heavy atom. The molecule has 1 atom stereocenters. The lowest BCUT2D eigenvalue weighted by molar-refractivity contribution is -0.142. The summed E-state index contributed by atoms with van der Waals surface area (Å²) in [4.78, 5) is 11.0. The van der Waals surface area contributed by atoms with E-state index in [0.29, 0.717) is 26.0 Å². The second-order valence-electron chi connectivity index (χ2n) is 4.52. The van der Waals surface area contributed by atoms with Gasteiger partial charge in [0.15, 0.2) is 0 Å². The number of aromatic nitrogens is 3. The van der Waals surface area contributed by atoms with Gasteiger partial charge in [0.05, 0.1) is 5.92 Å². The highest BCUT2D eigenvalue weighted by atomic mass is 16.5. The first-order chi connectivity index (χ1) is 8.72. The van der Waals surface area contributed by atoms with Gasteiger partial charge < -0.3 is 14.4 Å². The van der Waals surface area contributed by atoms with Crippen LogP contribution in [0.25, 0.3) is 0 Å². The normalized spacial score (nSPS) is 18.6. The Hall–Kier alpha value is -1.43. The van der Waals surface area contributed by atoms with Crippen molar-refractivity contribution in [3.63, 3.8) is 0 Å². The summed E-state index contributed by atoms with van der Waals surface area (Å²) in [6.07, 6.45) is 3.05. The molecule has 0 fully saturated rings. The largest absolute Gasteiger partial charge is 0.481 e. The van der Waals surface area contributed by atoms with Gasteiger partial charge in [0.2, 0.25) is 0 Å². The molecule has 0 saturated carbocycles. The first-order valence-corrected chi connectivity index (χ1v) is 6.44. The topological polar surface area (TPSA) is 77.2 Å². The van der Waals surface area contributed by atoms with Crippen LogP contribution in [0.15, 0.2) is 0 Å². The average Bonchev–Trinajstić information content (AvgIpc) is 2.77. The summed E-state index contributed by atoms with van der Waals surface area (Å²) in [5.74, 6) is 0.767. The minimum Gasteiger partial charge on any atom is -0.481 e. The second-order valence-corrected chi connectivity index (χ2v) is 4.52. The lowest BCUT2D eigenvalue weighted by atomic mass is 9.99. The van der Waals surface area contributed by atoms with Crippen LogP contribution in [0.3, 0.4) is 0 Å². The molecule has 0 saturated heterocycles. The fourth-order valence-corrected chi connectivity index (χ4v) is 2.25. The molecule has 0 aromatic carbocycles. The molecule has 0 amide bonds. The summed E-state index contributed by atoms with van der Waals surface area (Å²) in [7, 11) is 0. The van der Waals surface area contributed by atoms with Gasteiger partial charge >= 0.3 is 5.97 Å². The Balaban J connectivity index is 1.97. The summed E-state index contributed by atoms with van der Waals surface area (Å²) in [5.41, 5.74) is 0. The quantitative estimate of drug-likeness (QED) is 0.762. The third-order valence-corrected chi connectivity index (χ3v) is 3.27. The standard InChI is InChI=1S/C12H19N3O3/c1-2-18-7-3-4-10-13-14-11-6-5-9(12(16)17)8-15(10)11/h9H,2-8H2,1H3,(H,16,17). The van der Waals surface area contributed by atoms with Crippen LogP contribution < -0.4 is 0 Å². The van der Waals surface area contributed by atoms with Crippen LogP contribution in [-0.2, 0) is 28.9 Å². The van der Waals surface area contributed by atoms with Gasteiger partial charge in [-0.05, 0) is 19.8 Å². The molecule has 6 heteroatoms. The van der Waals surface area contributed by atoms with E-state index in [1.165, 1.54) is 0 Å². The summed E-state index contributed by atoms with van der Waals surface area (Å²) in [6, 6.07) is 0. The molecule has 6 nitrogen and oxygen atoms in total. The smallest absolute Gasteiger partial charge is 0.308 e. The van der Waals surface area contributed by atoms with Gasteiger partial charge in [-0.3, -0.25) is 4.79 Å². The highest BCUT2D eigenvalue weighted by Gasteiger charge is 2.26. The molecule has 1 aliphatic heterocycles. The maximum Gasteiger partial charge on any atom is 0.308 e. The summed E-state index contributed by atoms with van der Waals surface area (Å²) >= 11 is 0. The summed E-state index contributed by atoms with van der Waals surface area (Å²) in [5, 5.41) is 17.3. The summed E-state index contributed by atoms with van der Waals surface area (Å²) in [6.45, 7) is 3.90. The molecule has 1 N–H and O–H groups in total. The van der Waals surface area contributed by atoms with E-state index in [1.807, 2.05) is 11.5 Å². The van der Waals surface area contributed by atoms with E-state index in [2.05, 4.69) is 10.2 Å². The van der Waals surface area contributed by atoms with Crippen molar-refractivity contribution in [3.8, 4) is 0 Å². The van der Waals surface area contributed by atoms with E-state index < -0.39 is 5.97 Å². The zero-order valence-corrected chi connectivity index (χ0v) is 10.6. The van der Waals surface area contributed by atoms with Crippen molar-refractivity contribution >= 4 is 5.97 Å². The zero-order chi connectivity index (χ0) is 13.0. The Labute approximate surface area is 106 Å². The molecule has 2 rings (SSSR count). The third-order valence-electron chi connectivity index (χ3n) is 3.27. The number of carboxylic acid groups (broad SMARTS) is 1. The first-order valence-electron chi connectivity index (χ1n) is 6.44. The first kappa shape index (κ1) is 13.0. The molecule has 18 heavy (non-hydrogen) atoms. The number of nitrogens with zero attached hydrogens (tertiary/aromatic N) is 3. The molecule has 0 radical (unpaired) electrons. The Kier molecular flexibility index (Phi) is 4.30. The molecule has 1 unspecified atom stereocenters. The monoisotopic (exact) mass is 253 g/mol. The van der Waals surface area contributed by atoms with E-state index in [0.717, 1.165) is 31.1 Å². The van der Waals surface area contributed by atoms with Gasteiger partial charge in [-0.25, -0.2) is 0 Å². The molecule has 1 aliphatic rings. The number of carbonyl (C=O) groups is 1. The highest BCUT2D eigenvalue weighted by molar-refractivity contribution is 5.70. The van der Waals surface area contributed by atoms with Crippen molar-refractivity contribution in [1.82, 2.24) is 14.8 Å². The van der Waals surface area contributed by atoms with Crippen molar-refractivity contribution in [1.29, 1.82) is 0 Å². The lowest BCUT2D eigenvalue weighted by Gasteiger charge is -2.21. The van der Waals surface area contributed by atoms with E-state index in [9.17, 15) is 4.79 Å². The predicted octanol–water partition coefficient (Wildman–Crippen LogP) is 0.894. The van der Waals surface area contributed by atoms with Crippen LogP contribution >= 0.6 is 0 Å². The third kappa shape index (κ3) is 2.87. The molecular formula is C12H19N3O3. The van der Waals surface area contributed by atoms with Crippen molar-refractivity contribution in [2.75, 3.05) is 13.2 Å². The van der Waals surface area contributed by atoms with Gasteiger partial charge in [-0.15, -0.1) is 10.2 Å². The number of rotatable bonds is 6. The van der Waals surface area contributed by atoms with E-state index in [4.69, 9.17) is 9.84 Å². The number of fused-ring (bicyclic) bond motifs is 1. The Bertz CT molecular complexity index is 417. The fourth-order valence-electron chi connectivity index (χ4n) is 2.25. The number of hydrogen-bond donors (Lipinski definition) is 1. The molecule has 1 aromatic rings. The SMILES string of the molecule is CCOCCCc1nnc2n1CC(C(=O)O)CC2. The molecular weight excluding hydrogens is 234 g/mol. The maximum atomic E-state index is 11.0. The van der Waals surface area contributed by atoms with Crippen molar-refractivity contribution in [3.05, 3.63) is 11.6 Å². The number of aryl methyl sites for hydroxylation is 2. The summed E-state index contributed by atoms with van der Waals surface area (Å²) < 4.78 is 7.25. The van der Waals surface area contributed by atoms with Crippen LogP contribution in [-0.4, -0.2) is 39.1 Å². The van der Waals surface area contributed by atoms with Crippen molar-refractivity contribution < 1.29 is 14.6 Å². The van der Waals surface area contributed by atoms with Crippen LogP contribution in [0, 0.1) is 5.92 Å². The molecule has 100 valence electrons. The second kappa shape index (κ2) is 5.95. The van der Waals surface area contributed by atoms with Gasteiger partial charge in [0.1, 0.15) is 11.6 Å². The molecule has 1 aromatic heterocycles. The Morgan fingerprint density at radius 3 is 3.11 bits per heavy atom. The van der Waals surface area contributed by atoms with Gasteiger partial charge in [0.25, 0.3) is 0 Å².